The van der Waals surface area contributed by atoms with E-state index in [9.17, 15) is 4.79 Å². The van der Waals surface area contributed by atoms with Crippen molar-refractivity contribution in [2.45, 2.75) is 16.7 Å². The second-order valence-electron chi connectivity index (χ2n) is 4.02. The summed E-state index contributed by atoms with van der Waals surface area (Å²) < 4.78 is 0. The summed E-state index contributed by atoms with van der Waals surface area (Å²) in [6.07, 6.45) is 0. The summed E-state index contributed by atoms with van der Waals surface area (Å²) in [4.78, 5) is 13.5. The highest BCUT2D eigenvalue weighted by atomic mass is 32.2. The van der Waals surface area contributed by atoms with E-state index in [1.165, 1.54) is 10.5 Å². The Morgan fingerprint density at radius 1 is 1.00 bits per heavy atom. The standard InChI is InChI=1S/C15H14O2S/c1-11-2-6-13(7-3-11)18-14-8-4-12(5-9-14)15(17)10-16/h2-9,16H,10H2,1H3. The molecule has 0 heterocycles. The highest BCUT2D eigenvalue weighted by Crippen LogP contribution is 2.27. The van der Waals surface area contributed by atoms with Crippen LogP contribution >= 0.6 is 11.8 Å². The second kappa shape index (κ2) is 5.85. The smallest absolute Gasteiger partial charge is 0.188 e. The van der Waals surface area contributed by atoms with Crippen molar-refractivity contribution in [1.29, 1.82) is 0 Å². The molecule has 0 unspecified atom stereocenters. The third-order valence-electron chi connectivity index (χ3n) is 2.58. The minimum atomic E-state index is -0.440. The molecule has 2 aromatic carbocycles. The van der Waals surface area contributed by atoms with Gasteiger partial charge in [-0.2, -0.15) is 0 Å². The Labute approximate surface area is 111 Å². The molecule has 2 nitrogen and oxygen atoms in total. The van der Waals surface area contributed by atoms with Crippen molar-refractivity contribution >= 4 is 17.5 Å². The number of aryl methyl sites for hydroxylation is 1. The number of rotatable bonds is 4. The van der Waals surface area contributed by atoms with E-state index in [1.807, 2.05) is 12.1 Å². The van der Waals surface area contributed by atoms with Crippen LogP contribution in [0.1, 0.15) is 15.9 Å². The van der Waals surface area contributed by atoms with Gasteiger partial charge in [0.15, 0.2) is 5.78 Å². The van der Waals surface area contributed by atoms with Gasteiger partial charge in [-0.25, -0.2) is 0 Å². The first-order valence-electron chi connectivity index (χ1n) is 5.67. The first-order valence-corrected chi connectivity index (χ1v) is 6.49. The summed E-state index contributed by atoms with van der Waals surface area (Å²) in [5.41, 5.74) is 1.79. The number of carbonyl (C=O) groups is 1. The van der Waals surface area contributed by atoms with Crippen LogP contribution in [0.2, 0.25) is 0 Å². The average Bonchev–Trinajstić information content (AvgIpc) is 2.41. The summed E-state index contributed by atoms with van der Waals surface area (Å²) in [5, 5.41) is 8.76. The van der Waals surface area contributed by atoms with Crippen molar-refractivity contribution in [3.8, 4) is 0 Å². The van der Waals surface area contributed by atoms with Gasteiger partial charge in [0.05, 0.1) is 0 Å². The van der Waals surface area contributed by atoms with E-state index < -0.39 is 6.61 Å². The second-order valence-corrected chi connectivity index (χ2v) is 5.17. The van der Waals surface area contributed by atoms with Gasteiger partial charge in [-0.1, -0.05) is 41.6 Å². The zero-order valence-electron chi connectivity index (χ0n) is 10.1. The Morgan fingerprint density at radius 2 is 1.50 bits per heavy atom. The van der Waals surface area contributed by atoms with E-state index in [0.717, 1.165) is 4.90 Å². The number of aliphatic hydroxyl groups is 1. The summed E-state index contributed by atoms with van der Waals surface area (Å²) in [6, 6.07) is 15.6. The van der Waals surface area contributed by atoms with Crippen LogP contribution in [-0.4, -0.2) is 17.5 Å². The maximum Gasteiger partial charge on any atom is 0.188 e. The molecule has 3 heteroatoms. The number of hydrogen-bond acceptors (Lipinski definition) is 3. The molecule has 0 spiro atoms. The number of benzene rings is 2. The Kier molecular flexibility index (Phi) is 4.18. The summed E-state index contributed by atoms with van der Waals surface area (Å²) in [7, 11) is 0. The van der Waals surface area contributed by atoms with Crippen LogP contribution in [0.4, 0.5) is 0 Å². The van der Waals surface area contributed by atoms with Crippen LogP contribution in [-0.2, 0) is 0 Å². The molecule has 0 saturated carbocycles. The maximum absolute atomic E-state index is 11.3. The van der Waals surface area contributed by atoms with Gasteiger partial charge in [0.1, 0.15) is 6.61 Å². The Hall–Kier alpha value is -1.58. The third kappa shape index (κ3) is 3.22. The van der Waals surface area contributed by atoms with Gasteiger partial charge in [0, 0.05) is 15.4 Å². The molecule has 18 heavy (non-hydrogen) atoms. The first-order chi connectivity index (χ1) is 8.69. The van der Waals surface area contributed by atoms with Gasteiger partial charge < -0.3 is 5.11 Å². The lowest BCUT2D eigenvalue weighted by atomic mass is 10.1. The normalized spacial score (nSPS) is 10.3. The van der Waals surface area contributed by atoms with E-state index >= 15 is 0 Å². The largest absolute Gasteiger partial charge is 0.388 e. The molecule has 92 valence electrons. The molecule has 0 aliphatic heterocycles. The fraction of sp³-hybridized carbons (Fsp3) is 0.133. The van der Waals surface area contributed by atoms with Gasteiger partial charge >= 0.3 is 0 Å². The van der Waals surface area contributed by atoms with Crippen molar-refractivity contribution in [2.75, 3.05) is 6.61 Å². The fourth-order valence-corrected chi connectivity index (χ4v) is 2.36. The average molecular weight is 258 g/mol. The van der Waals surface area contributed by atoms with Gasteiger partial charge in [-0.3, -0.25) is 4.79 Å². The molecule has 0 fully saturated rings. The lowest BCUT2D eigenvalue weighted by Crippen LogP contribution is -2.03. The quantitative estimate of drug-likeness (QED) is 0.855. The molecule has 0 aliphatic rings. The molecule has 2 rings (SSSR count). The van der Waals surface area contributed by atoms with E-state index in [1.54, 1.807) is 23.9 Å². The van der Waals surface area contributed by atoms with Crippen molar-refractivity contribution in [3.05, 3.63) is 59.7 Å². The predicted molar refractivity (Wildman–Crippen MR) is 73.2 cm³/mol. The van der Waals surface area contributed by atoms with Crippen LogP contribution < -0.4 is 0 Å². The number of ketones is 1. The van der Waals surface area contributed by atoms with Gasteiger partial charge in [-0.15, -0.1) is 0 Å². The molecule has 0 radical (unpaired) electrons. The van der Waals surface area contributed by atoms with Crippen LogP contribution in [0.25, 0.3) is 0 Å². The zero-order chi connectivity index (χ0) is 13.0. The van der Waals surface area contributed by atoms with Gasteiger partial charge in [-0.05, 0) is 31.2 Å². The molecule has 0 saturated heterocycles. The third-order valence-corrected chi connectivity index (χ3v) is 3.59. The Bertz CT molecular complexity index is 529. The zero-order valence-corrected chi connectivity index (χ0v) is 10.9. The van der Waals surface area contributed by atoms with E-state index in [2.05, 4.69) is 31.2 Å². The summed E-state index contributed by atoms with van der Waals surface area (Å²) >= 11 is 1.65. The molecule has 0 aromatic heterocycles. The van der Waals surface area contributed by atoms with Crippen LogP contribution in [0.15, 0.2) is 58.3 Å². The number of aliphatic hydroxyl groups excluding tert-OH is 1. The monoisotopic (exact) mass is 258 g/mol. The highest BCUT2D eigenvalue weighted by Gasteiger charge is 2.04. The van der Waals surface area contributed by atoms with Crippen molar-refractivity contribution in [1.82, 2.24) is 0 Å². The van der Waals surface area contributed by atoms with Crippen molar-refractivity contribution in [3.63, 3.8) is 0 Å². The predicted octanol–water partition coefficient (Wildman–Crippen LogP) is 3.32. The lowest BCUT2D eigenvalue weighted by Gasteiger charge is -2.03. The first kappa shape index (κ1) is 12.9. The molecular formula is C15H14O2S. The summed E-state index contributed by atoms with van der Waals surface area (Å²) in [6.45, 7) is 1.62. The van der Waals surface area contributed by atoms with E-state index in [4.69, 9.17) is 5.11 Å². The number of Topliss-reactive ketones (excluding diaryl/α,β-unsaturated/α-hetero) is 1. The van der Waals surface area contributed by atoms with Crippen LogP contribution in [0.5, 0.6) is 0 Å². The van der Waals surface area contributed by atoms with Gasteiger partial charge in [0.25, 0.3) is 0 Å². The molecule has 2 aromatic rings. The van der Waals surface area contributed by atoms with Crippen LogP contribution in [0.3, 0.4) is 0 Å². The Morgan fingerprint density at radius 3 is 2.00 bits per heavy atom. The molecular weight excluding hydrogens is 244 g/mol. The molecule has 0 aliphatic carbocycles. The molecule has 0 amide bonds. The van der Waals surface area contributed by atoms with E-state index in [0.29, 0.717) is 5.56 Å². The minimum Gasteiger partial charge on any atom is -0.388 e. The maximum atomic E-state index is 11.3. The number of carbonyl (C=O) groups excluding carboxylic acids is 1. The fourth-order valence-electron chi connectivity index (χ4n) is 1.54. The lowest BCUT2D eigenvalue weighted by molar-refractivity contribution is 0.0903. The SMILES string of the molecule is Cc1ccc(Sc2ccc(C(=O)CO)cc2)cc1. The van der Waals surface area contributed by atoms with Crippen molar-refractivity contribution in [2.24, 2.45) is 0 Å². The van der Waals surface area contributed by atoms with Gasteiger partial charge in [0.2, 0.25) is 0 Å². The minimum absolute atomic E-state index is 0.248. The molecule has 1 N–H and O–H groups in total. The molecule has 0 bridgehead atoms. The molecule has 0 atom stereocenters. The topological polar surface area (TPSA) is 37.3 Å². The Balaban J connectivity index is 2.10. The number of hydrogen-bond donors (Lipinski definition) is 1. The van der Waals surface area contributed by atoms with E-state index in [-0.39, 0.29) is 5.78 Å². The highest BCUT2D eigenvalue weighted by molar-refractivity contribution is 7.99. The van der Waals surface area contributed by atoms with Crippen molar-refractivity contribution < 1.29 is 9.90 Å². The van der Waals surface area contributed by atoms with Crippen LogP contribution in [0, 0.1) is 6.92 Å². The summed E-state index contributed by atoms with van der Waals surface area (Å²) in [5.74, 6) is -0.248.